The number of nitrogens with zero attached hydrogens (tertiary/aromatic N) is 1. The summed E-state index contributed by atoms with van der Waals surface area (Å²) in [6, 6.07) is 88.7. The first-order valence-corrected chi connectivity index (χ1v) is 23.1. The molecule has 0 N–H and O–H groups in total. The Morgan fingerprint density at radius 3 is 1.35 bits per heavy atom. The fourth-order valence-corrected chi connectivity index (χ4v) is 9.95. The molecule has 1 aliphatic carbocycles. The third-order valence-electron chi connectivity index (χ3n) is 13.2. The van der Waals surface area contributed by atoms with Crippen LogP contribution in [0.1, 0.15) is 18.9 Å². The van der Waals surface area contributed by atoms with Gasteiger partial charge in [0.15, 0.2) is 0 Å². The van der Waals surface area contributed by atoms with Crippen LogP contribution >= 0.6 is 0 Å². The SMILES string of the molecule is CC1CC=CC=C1c1ccc(-c2ccc(N(c3ccccc3-c3ccccc3-c3ccccc3-c3ccccc3)c3ccccc3-c3cccc4cccc(-c5ccccc5)c34)cc2)cc1. The summed E-state index contributed by atoms with van der Waals surface area (Å²) in [5.74, 6) is 0.515. The molecule has 0 bridgehead atoms. The highest BCUT2D eigenvalue weighted by atomic mass is 15.1. The van der Waals surface area contributed by atoms with Crippen LogP contribution in [0.2, 0.25) is 0 Å². The van der Waals surface area contributed by atoms with Gasteiger partial charge in [-0.2, -0.15) is 0 Å². The van der Waals surface area contributed by atoms with Crippen molar-refractivity contribution in [2.45, 2.75) is 13.3 Å². The largest absolute Gasteiger partial charge is 0.309 e. The molecule has 0 aromatic heterocycles. The fourth-order valence-electron chi connectivity index (χ4n) is 9.95. The van der Waals surface area contributed by atoms with Crippen molar-refractivity contribution in [3.05, 3.63) is 266 Å². The van der Waals surface area contributed by atoms with Crippen molar-refractivity contribution in [2.75, 3.05) is 4.90 Å². The lowest BCUT2D eigenvalue weighted by Gasteiger charge is -2.31. The molecule has 0 spiro atoms. The minimum absolute atomic E-state index is 0.515. The Morgan fingerprint density at radius 1 is 0.333 bits per heavy atom. The number of hydrogen-bond acceptors (Lipinski definition) is 1. The van der Waals surface area contributed by atoms with E-state index in [1.807, 2.05) is 0 Å². The van der Waals surface area contributed by atoms with Crippen LogP contribution in [0.15, 0.2) is 261 Å². The summed E-state index contributed by atoms with van der Waals surface area (Å²) < 4.78 is 0. The van der Waals surface area contributed by atoms with Crippen LogP contribution in [-0.2, 0) is 0 Å². The molecular formula is C65H49N. The smallest absolute Gasteiger partial charge is 0.0540 e. The van der Waals surface area contributed by atoms with Crippen LogP contribution in [0.4, 0.5) is 17.1 Å². The highest BCUT2D eigenvalue weighted by Gasteiger charge is 2.24. The second-order valence-electron chi connectivity index (χ2n) is 17.2. The zero-order valence-electron chi connectivity index (χ0n) is 37.1. The Hall–Kier alpha value is -8.26. The minimum Gasteiger partial charge on any atom is -0.309 e. The molecule has 1 unspecified atom stereocenters. The van der Waals surface area contributed by atoms with Crippen LogP contribution in [0.5, 0.6) is 0 Å². The van der Waals surface area contributed by atoms with Crippen molar-refractivity contribution in [3.63, 3.8) is 0 Å². The maximum atomic E-state index is 2.48. The monoisotopic (exact) mass is 843 g/mol. The number of benzene rings is 10. The Morgan fingerprint density at radius 2 is 0.758 bits per heavy atom. The van der Waals surface area contributed by atoms with Gasteiger partial charge in [-0.05, 0) is 114 Å². The molecule has 0 fully saturated rings. The maximum Gasteiger partial charge on any atom is 0.0540 e. The van der Waals surface area contributed by atoms with E-state index in [1.54, 1.807) is 0 Å². The van der Waals surface area contributed by atoms with Crippen molar-refractivity contribution in [2.24, 2.45) is 5.92 Å². The molecule has 0 saturated carbocycles. The predicted molar refractivity (Wildman–Crippen MR) is 282 cm³/mol. The first kappa shape index (κ1) is 40.5. The van der Waals surface area contributed by atoms with Gasteiger partial charge in [-0.15, -0.1) is 0 Å². The van der Waals surface area contributed by atoms with Crippen molar-refractivity contribution in [1.29, 1.82) is 0 Å². The Balaban J connectivity index is 1.10. The zero-order valence-corrected chi connectivity index (χ0v) is 37.1. The summed E-state index contributed by atoms with van der Waals surface area (Å²) in [6.07, 6.45) is 7.80. The number of fused-ring (bicyclic) bond motifs is 1. The average Bonchev–Trinajstić information content (AvgIpc) is 3.40. The summed E-state index contributed by atoms with van der Waals surface area (Å²) in [7, 11) is 0. The Bertz CT molecular complexity index is 3370. The highest BCUT2D eigenvalue weighted by Crippen LogP contribution is 2.49. The summed E-state index contributed by atoms with van der Waals surface area (Å²) in [5, 5.41) is 2.45. The van der Waals surface area contributed by atoms with Gasteiger partial charge in [0.2, 0.25) is 0 Å². The highest BCUT2D eigenvalue weighted by molar-refractivity contribution is 6.09. The molecule has 10 aromatic rings. The molecular weight excluding hydrogens is 795 g/mol. The van der Waals surface area contributed by atoms with Gasteiger partial charge in [0.25, 0.3) is 0 Å². The number of rotatable bonds is 10. The summed E-state index contributed by atoms with van der Waals surface area (Å²) >= 11 is 0. The predicted octanol–water partition coefficient (Wildman–Crippen LogP) is 18.3. The number of allylic oxidation sites excluding steroid dienone is 4. The van der Waals surface area contributed by atoms with E-state index in [2.05, 4.69) is 273 Å². The van der Waals surface area contributed by atoms with Crippen LogP contribution in [0, 0.1) is 5.92 Å². The maximum absolute atomic E-state index is 2.48. The molecule has 0 amide bonds. The summed E-state index contributed by atoms with van der Waals surface area (Å²) in [6.45, 7) is 2.31. The zero-order chi connectivity index (χ0) is 44.2. The number of hydrogen-bond donors (Lipinski definition) is 0. The van der Waals surface area contributed by atoms with E-state index in [1.165, 1.54) is 77.5 Å². The van der Waals surface area contributed by atoms with Gasteiger partial charge >= 0.3 is 0 Å². The molecule has 0 radical (unpaired) electrons. The average molecular weight is 844 g/mol. The first-order chi connectivity index (χ1) is 32.7. The van der Waals surface area contributed by atoms with Crippen LogP contribution in [0.25, 0.3) is 83.1 Å². The lowest BCUT2D eigenvalue weighted by atomic mass is 9.87. The third-order valence-corrected chi connectivity index (χ3v) is 13.2. The molecule has 1 aliphatic rings. The topological polar surface area (TPSA) is 3.24 Å². The summed E-state index contributed by atoms with van der Waals surface area (Å²) in [5.41, 5.74) is 20.2. The van der Waals surface area contributed by atoms with Gasteiger partial charge in [-0.25, -0.2) is 0 Å². The van der Waals surface area contributed by atoms with E-state index < -0.39 is 0 Å². The van der Waals surface area contributed by atoms with Crippen molar-refractivity contribution in [3.8, 4) is 66.8 Å². The Kier molecular flexibility index (Phi) is 11.1. The van der Waals surface area contributed by atoms with Gasteiger partial charge in [0, 0.05) is 16.8 Å². The van der Waals surface area contributed by atoms with E-state index in [0.29, 0.717) is 5.92 Å². The number of anilines is 3. The number of para-hydroxylation sites is 2. The lowest BCUT2D eigenvalue weighted by Crippen LogP contribution is -2.12. The first-order valence-electron chi connectivity index (χ1n) is 23.1. The van der Waals surface area contributed by atoms with Crippen molar-refractivity contribution < 1.29 is 0 Å². The fraction of sp³-hybridized carbons (Fsp3) is 0.0462. The molecule has 0 aliphatic heterocycles. The molecule has 66 heavy (non-hydrogen) atoms. The normalized spacial score (nSPS) is 13.3. The van der Waals surface area contributed by atoms with E-state index >= 15 is 0 Å². The van der Waals surface area contributed by atoms with Gasteiger partial charge in [-0.1, -0.05) is 244 Å². The van der Waals surface area contributed by atoms with Gasteiger partial charge in [0.1, 0.15) is 0 Å². The molecule has 0 saturated heterocycles. The van der Waals surface area contributed by atoms with Crippen LogP contribution in [-0.4, -0.2) is 0 Å². The third kappa shape index (κ3) is 7.76. The van der Waals surface area contributed by atoms with E-state index in [-0.39, 0.29) is 0 Å². The van der Waals surface area contributed by atoms with Gasteiger partial charge < -0.3 is 4.90 Å². The molecule has 1 heteroatoms. The van der Waals surface area contributed by atoms with E-state index in [0.717, 1.165) is 34.6 Å². The van der Waals surface area contributed by atoms with Crippen molar-refractivity contribution >= 4 is 33.4 Å². The summed E-state index contributed by atoms with van der Waals surface area (Å²) in [4.78, 5) is 2.48. The second-order valence-corrected chi connectivity index (χ2v) is 17.2. The molecule has 314 valence electrons. The van der Waals surface area contributed by atoms with Crippen LogP contribution < -0.4 is 4.90 Å². The molecule has 1 nitrogen and oxygen atoms in total. The molecule has 10 aromatic carbocycles. The molecule has 0 heterocycles. The molecule has 11 rings (SSSR count). The van der Waals surface area contributed by atoms with E-state index in [9.17, 15) is 0 Å². The lowest BCUT2D eigenvalue weighted by molar-refractivity contribution is 0.758. The minimum atomic E-state index is 0.515. The quantitative estimate of drug-likeness (QED) is 0.133. The van der Waals surface area contributed by atoms with Gasteiger partial charge in [0.05, 0.1) is 11.4 Å². The second kappa shape index (κ2) is 18.1. The molecule has 1 atom stereocenters. The van der Waals surface area contributed by atoms with Crippen LogP contribution in [0.3, 0.4) is 0 Å². The van der Waals surface area contributed by atoms with Gasteiger partial charge in [-0.3, -0.25) is 0 Å². The van der Waals surface area contributed by atoms with Crippen molar-refractivity contribution in [1.82, 2.24) is 0 Å². The standard InChI is InChI=1S/C65H49N/c1-46-20-8-9-27-54(46)51-40-38-47(39-41-51)48-42-44-53(45-43-48)66(64-37-17-15-33-61(64)62-35-19-26-52-25-18-34-56(65(52)62)50-23-6-3-7-24-50)63-36-16-14-32-60(63)59-31-13-12-30-58(59)57-29-11-10-28-55(57)49-21-4-2-5-22-49/h2-19,21-46H,20H2,1H3. The van der Waals surface area contributed by atoms with E-state index in [4.69, 9.17) is 0 Å². The Labute approximate surface area is 388 Å².